The number of hydrogen-bond donors (Lipinski definition) is 0. The summed E-state index contributed by atoms with van der Waals surface area (Å²) in [5.41, 5.74) is 22.8. The van der Waals surface area contributed by atoms with E-state index in [4.69, 9.17) is 0 Å². The fourth-order valence-electron chi connectivity index (χ4n) is 11.7. The van der Waals surface area contributed by atoms with Gasteiger partial charge in [-0.2, -0.15) is 0 Å². The van der Waals surface area contributed by atoms with Crippen molar-refractivity contribution in [1.82, 2.24) is 9.13 Å². The van der Waals surface area contributed by atoms with Gasteiger partial charge in [-0.1, -0.05) is 178 Å². The Kier molecular flexibility index (Phi) is 9.56. The van der Waals surface area contributed by atoms with E-state index in [1.165, 1.54) is 105 Å². The normalized spacial score (nSPS) is 12.7. The standard InChI is InChI=1S/C69H49N3/c1-69(2)63-44-51(50-32-42-68-62(43-50)61-21-11-14-24-67(61)71(68)52-17-7-4-8-18-52)31-40-57(63)58-41-39-56(45-64(58)69)70(53-33-25-47(26-34-53)46-15-5-3-6-16-46)54-35-27-48(28-36-54)49-29-37-55(38-30-49)72-65-22-12-9-19-59(65)60-20-10-13-23-66(60)72/h3-45H,1-2H3. The van der Waals surface area contributed by atoms with Crippen molar-refractivity contribution in [1.29, 1.82) is 0 Å². The third-order valence-electron chi connectivity index (χ3n) is 15.3. The molecule has 11 aromatic carbocycles. The van der Waals surface area contributed by atoms with Crippen LogP contribution in [-0.2, 0) is 5.41 Å². The molecule has 0 saturated carbocycles. The molecule has 0 aliphatic heterocycles. The van der Waals surface area contributed by atoms with E-state index in [0.717, 1.165) is 22.7 Å². The van der Waals surface area contributed by atoms with Gasteiger partial charge in [0.15, 0.2) is 0 Å². The molecule has 1 aliphatic carbocycles. The minimum absolute atomic E-state index is 0.234. The molecule has 3 nitrogen and oxygen atoms in total. The Morgan fingerprint density at radius 2 is 0.653 bits per heavy atom. The number of aromatic nitrogens is 2. The molecule has 72 heavy (non-hydrogen) atoms. The molecule has 0 spiro atoms. The molecular weight excluding hydrogens is 871 g/mol. The molecule has 340 valence electrons. The number of benzene rings is 11. The second kappa shape index (κ2) is 16.5. The average Bonchev–Trinajstić information content (AvgIpc) is 4.04. The van der Waals surface area contributed by atoms with Crippen LogP contribution in [-0.4, -0.2) is 9.13 Å². The quantitative estimate of drug-likeness (QED) is 0.148. The highest BCUT2D eigenvalue weighted by molar-refractivity contribution is 6.11. The van der Waals surface area contributed by atoms with Crippen LogP contribution in [0, 0.1) is 0 Å². The number of hydrogen-bond acceptors (Lipinski definition) is 1. The Labute approximate surface area is 419 Å². The molecule has 0 saturated heterocycles. The monoisotopic (exact) mass is 919 g/mol. The first-order valence-electron chi connectivity index (χ1n) is 25.0. The summed E-state index contributed by atoms with van der Waals surface area (Å²) in [5, 5.41) is 5.06. The smallest absolute Gasteiger partial charge is 0.0541 e. The minimum Gasteiger partial charge on any atom is -0.310 e. The first-order valence-corrected chi connectivity index (χ1v) is 25.0. The van der Waals surface area contributed by atoms with Gasteiger partial charge in [0.1, 0.15) is 0 Å². The van der Waals surface area contributed by atoms with E-state index < -0.39 is 0 Å². The van der Waals surface area contributed by atoms with Crippen molar-refractivity contribution in [3.05, 3.63) is 272 Å². The Bertz CT molecular complexity index is 4140. The second-order valence-corrected chi connectivity index (χ2v) is 19.7. The van der Waals surface area contributed by atoms with Gasteiger partial charge in [-0.3, -0.25) is 0 Å². The van der Waals surface area contributed by atoms with Crippen molar-refractivity contribution >= 4 is 60.7 Å². The SMILES string of the molecule is CC1(C)c2cc(-c3ccc4c(c3)c3ccccc3n4-c3ccccc3)ccc2-c2ccc(N(c3ccc(-c4ccccc4)cc3)c3ccc(-c4ccc(-n5c6ccccc6c6ccccc65)cc4)cc3)cc21. The lowest BCUT2D eigenvalue weighted by Crippen LogP contribution is -2.16. The number of anilines is 3. The summed E-state index contributed by atoms with van der Waals surface area (Å²) in [6.45, 7) is 4.78. The second-order valence-electron chi connectivity index (χ2n) is 19.7. The molecule has 0 unspecified atom stereocenters. The van der Waals surface area contributed by atoms with Gasteiger partial charge in [0, 0.05) is 55.4 Å². The summed E-state index contributed by atoms with van der Waals surface area (Å²) >= 11 is 0. The third-order valence-corrected chi connectivity index (χ3v) is 15.3. The van der Waals surface area contributed by atoms with Crippen LogP contribution in [0.15, 0.2) is 261 Å². The van der Waals surface area contributed by atoms with Gasteiger partial charge in [0.05, 0.1) is 22.1 Å². The van der Waals surface area contributed by atoms with Crippen LogP contribution in [0.1, 0.15) is 25.0 Å². The van der Waals surface area contributed by atoms with Crippen LogP contribution in [0.5, 0.6) is 0 Å². The molecule has 1 aliphatic rings. The molecule has 0 N–H and O–H groups in total. The van der Waals surface area contributed by atoms with Crippen molar-refractivity contribution in [3.63, 3.8) is 0 Å². The zero-order valence-corrected chi connectivity index (χ0v) is 40.2. The summed E-state index contributed by atoms with van der Waals surface area (Å²) in [7, 11) is 0. The van der Waals surface area contributed by atoms with E-state index in [-0.39, 0.29) is 5.41 Å². The lowest BCUT2D eigenvalue weighted by atomic mass is 9.81. The summed E-state index contributed by atoms with van der Waals surface area (Å²) < 4.78 is 4.76. The van der Waals surface area contributed by atoms with Crippen molar-refractivity contribution in [2.45, 2.75) is 19.3 Å². The maximum atomic E-state index is 2.45. The van der Waals surface area contributed by atoms with Crippen LogP contribution < -0.4 is 4.90 Å². The van der Waals surface area contributed by atoms with Crippen molar-refractivity contribution in [2.75, 3.05) is 4.90 Å². The van der Waals surface area contributed by atoms with E-state index in [9.17, 15) is 0 Å². The van der Waals surface area contributed by atoms with Crippen LogP contribution in [0.25, 0.3) is 99.5 Å². The van der Waals surface area contributed by atoms with Gasteiger partial charge >= 0.3 is 0 Å². The van der Waals surface area contributed by atoms with Crippen LogP contribution in [0.3, 0.4) is 0 Å². The molecule has 13 aromatic rings. The van der Waals surface area contributed by atoms with Crippen LogP contribution in [0.2, 0.25) is 0 Å². The summed E-state index contributed by atoms with van der Waals surface area (Å²) in [4.78, 5) is 2.41. The van der Waals surface area contributed by atoms with Gasteiger partial charge in [-0.05, 0) is 153 Å². The first kappa shape index (κ1) is 41.8. The molecule has 2 aromatic heterocycles. The molecule has 0 radical (unpaired) electrons. The lowest BCUT2D eigenvalue weighted by molar-refractivity contribution is 0.660. The average molecular weight is 920 g/mol. The molecule has 2 heterocycles. The highest BCUT2D eigenvalue weighted by atomic mass is 15.1. The molecule has 3 heteroatoms. The zero-order chi connectivity index (χ0) is 47.9. The highest BCUT2D eigenvalue weighted by Gasteiger charge is 2.36. The Hall–Kier alpha value is -9.18. The largest absolute Gasteiger partial charge is 0.310 e. The van der Waals surface area contributed by atoms with E-state index in [1.807, 2.05) is 0 Å². The highest BCUT2D eigenvalue weighted by Crippen LogP contribution is 2.52. The third kappa shape index (κ3) is 6.66. The Morgan fingerprint density at radius 3 is 1.22 bits per heavy atom. The first-order chi connectivity index (χ1) is 35.5. The predicted molar refractivity (Wildman–Crippen MR) is 304 cm³/mol. The van der Waals surface area contributed by atoms with Crippen molar-refractivity contribution < 1.29 is 0 Å². The number of para-hydroxylation sites is 4. The van der Waals surface area contributed by atoms with Gasteiger partial charge in [0.25, 0.3) is 0 Å². The number of fused-ring (bicyclic) bond motifs is 9. The fourth-order valence-corrected chi connectivity index (χ4v) is 11.7. The van der Waals surface area contributed by atoms with Crippen molar-refractivity contribution in [3.8, 4) is 55.9 Å². The fraction of sp³-hybridized carbons (Fsp3) is 0.0435. The summed E-state index contributed by atoms with van der Waals surface area (Å²) in [6, 6.07) is 95.8. The Morgan fingerprint density at radius 1 is 0.278 bits per heavy atom. The van der Waals surface area contributed by atoms with Gasteiger partial charge in [0.2, 0.25) is 0 Å². The van der Waals surface area contributed by atoms with E-state index >= 15 is 0 Å². The van der Waals surface area contributed by atoms with Crippen LogP contribution in [0.4, 0.5) is 17.1 Å². The minimum atomic E-state index is -0.234. The Balaban J connectivity index is 0.817. The van der Waals surface area contributed by atoms with Crippen molar-refractivity contribution in [2.24, 2.45) is 0 Å². The number of nitrogens with zero attached hydrogens (tertiary/aromatic N) is 3. The number of rotatable bonds is 8. The molecule has 14 rings (SSSR count). The van der Waals surface area contributed by atoms with Gasteiger partial charge in [-0.15, -0.1) is 0 Å². The molecule has 0 amide bonds. The predicted octanol–water partition coefficient (Wildman–Crippen LogP) is 18.7. The summed E-state index contributed by atoms with van der Waals surface area (Å²) in [6.07, 6.45) is 0. The molecule has 0 atom stereocenters. The molecule has 0 bridgehead atoms. The lowest BCUT2D eigenvalue weighted by Gasteiger charge is -2.28. The van der Waals surface area contributed by atoms with Crippen LogP contribution >= 0.6 is 0 Å². The topological polar surface area (TPSA) is 13.1 Å². The van der Waals surface area contributed by atoms with Gasteiger partial charge in [-0.25, -0.2) is 0 Å². The maximum absolute atomic E-state index is 2.45. The molecule has 0 fully saturated rings. The molecular formula is C69H49N3. The maximum Gasteiger partial charge on any atom is 0.0541 e. The summed E-state index contributed by atoms with van der Waals surface area (Å²) in [5.74, 6) is 0. The van der Waals surface area contributed by atoms with E-state index in [0.29, 0.717) is 0 Å². The van der Waals surface area contributed by atoms with Gasteiger partial charge < -0.3 is 14.0 Å². The van der Waals surface area contributed by atoms with E-state index in [1.54, 1.807) is 0 Å². The zero-order valence-electron chi connectivity index (χ0n) is 40.2. The van der Waals surface area contributed by atoms with E-state index in [2.05, 4.69) is 289 Å².